The summed E-state index contributed by atoms with van der Waals surface area (Å²) in [7, 11) is 0. The van der Waals surface area contributed by atoms with Crippen LogP contribution in [0.1, 0.15) is 44.4 Å². The molecule has 0 bridgehead atoms. The van der Waals surface area contributed by atoms with E-state index in [2.05, 4.69) is 20.8 Å². The number of nitrogens with one attached hydrogen (secondary N) is 1. The largest absolute Gasteiger partial charge is 0.490 e. The van der Waals surface area contributed by atoms with Crippen molar-refractivity contribution in [3.8, 4) is 11.5 Å². The van der Waals surface area contributed by atoms with Crippen LogP contribution in [0.15, 0.2) is 59.8 Å². The van der Waals surface area contributed by atoms with E-state index in [4.69, 9.17) is 14.2 Å². The molecule has 1 N–H and O–H groups in total. The monoisotopic (exact) mass is 449 g/mol. The number of hydrogen-bond acceptors (Lipinski definition) is 8. The number of aromatic nitrogens is 4. The molecule has 2 aromatic carbocycles. The molecule has 0 radical (unpaired) electrons. The Kier molecular flexibility index (Phi) is 6.87. The maximum absolute atomic E-state index is 13.0. The van der Waals surface area contributed by atoms with Crippen molar-refractivity contribution in [3.63, 3.8) is 0 Å². The molecule has 33 heavy (non-hydrogen) atoms. The maximum atomic E-state index is 13.0. The standard InChI is InChI=1S/C24H27N5O4/c1-4-13-32-23(30)21-16(3)25-24-26-27-28-29(24)22(21)18-11-12-19(20(14-18)31-5-2)33-15-17-9-7-6-8-10-17/h6-12,14,22H,4-5,13,15H2,1-3H3,(H,25,26,28). The first kappa shape index (κ1) is 22.3. The summed E-state index contributed by atoms with van der Waals surface area (Å²) in [4.78, 5) is 13.0. The molecular weight excluding hydrogens is 422 g/mol. The number of nitrogens with zero attached hydrogens (tertiary/aromatic N) is 4. The van der Waals surface area contributed by atoms with Gasteiger partial charge in [0.05, 0.1) is 18.8 Å². The summed E-state index contributed by atoms with van der Waals surface area (Å²) in [5.74, 6) is 1.24. The van der Waals surface area contributed by atoms with E-state index in [0.29, 0.717) is 48.5 Å². The Balaban J connectivity index is 1.69. The van der Waals surface area contributed by atoms with Crippen LogP contribution in [0.25, 0.3) is 0 Å². The van der Waals surface area contributed by atoms with Gasteiger partial charge in [0.2, 0.25) is 5.95 Å². The summed E-state index contributed by atoms with van der Waals surface area (Å²) in [6.45, 7) is 6.89. The predicted octanol–water partition coefficient (Wildman–Crippen LogP) is 3.89. The highest BCUT2D eigenvalue weighted by molar-refractivity contribution is 5.92. The van der Waals surface area contributed by atoms with Crippen molar-refractivity contribution < 1.29 is 19.0 Å². The molecule has 1 aliphatic rings. The van der Waals surface area contributed by atoms with Gasteiger partial charge in [-0.2, -0.15) is 4.68 Å². The van der Waals surface area contributed by atoms with Crippen LogP contribution in [0, 0.1) is 0 Å². The fourth-order valence-electron chi connectivity index (χ4n) is 3.67. The molecule has 0 amide bonds. The van der Waals surface area contributed by atoms with E-state index in [0.717, 1.165) is 17.5 Å². The second-order valence-corrected chi connectivity index (χ2v) is 7.56. The summed E-state index contributed by atoms with van der Waals surface area (Å²) in [6.07, 6.45) is 0.730. The number of ether oxygens (including phenoxy) is 3. The van der Waals surface area contributed by atoms with Crippen LogP contribution in [0.5, 0.6) is 11.5 Å². The zero-order valence-corrected chi connectivity index (χ0v) is 18.9. The molecule has 1 atom stereocenters. The molecule has 9 heteroatoms. The van der Waals surface area contributed by atoms with Crippen molar-refractivity contribution in [2.75, 3.05) is 18.5 Å². The molecule has 0 spiro atoms. The van der Waals surface area contributed by atoms with Crippen LogP contribution in [0.4, 0.5) is 5.95 Å². The molecule has 4 rings (SSSR count). The Morgan fingerprint density at radius 2 is 1.91 bits per heavy atom. The fraction of sp³-hybridized carbons (Fsp3) is 0.333. The SMILES string of the molecule is CCCOC(=O)C1=C(C)Nc2nnnn2C1c1ccc(OCc2ccccc2)c(OCC)c1. The highest BCUT2D eigenvalue weighted by Crippen LogP contribution is 2.39. The van der Waals surface area contributed by atoms with Crippen LogP contribution in [-0.4, -0.2) is 39.4 Å². The average Bonchev–Trinajstić information content (AvgIpc) is 3.29. The molecule has 0 fully saturated rings. The minimum absolute atomic E-state index is 0.335. The number of carbonyl (C=O) groups is 1. The van der Waals surface area contributed by atoms with E-state index >= 15 is 0 Å². The molecule has 1 aromatic heterocycles. The van der Waals surface area contributed by atoms with E-state index in [-0.39, 0.29) is 0 Å². The second kappa shape index (κ2) is 10.2. The van der Waals surface area contributed by atoms with Gasteiger partial charge in [-0.1, -0.05) is 48.4 Å². The maximum Gasteiger partial charge on any atom is 0.338 e. The molecule has 1 aliphatic heterocycles. The minimum atomic E-state index is -0.567. The molecule has 1 unspecified atom stereocenters. The van der Waals surface area contributed by atoms with E-state index in [1.165, 1.54) is 0 Å². The molecule has 9 nitrogen and oxygen atoms in total. The van der Waals surface area contributed by atoms with Gasteiger partial charge in [-0.3, -0.25) is 0 Å². The van der Waals surface area contributed by atoms with Gasteiger partial charge in [-0.05, 0) is 54.0 Å². The summed E-state index contributed by atoms with van der Waals surface area (Å²) < 4.78 is 18.9. The Bertz CT molecular complexity index is 1140. The third kappa shape index (κ3) is 4.82. The van der Waals surface area contributed by atoms with Crippen molar-refractivity contribution in [1.29, 1.82) is 0 Å². The van der Waals surface area contributed by atoms with Gasteiger partial charge in [-0.25, -0.2) is 4.79 Å². The number of fused-ring (bicyclic) bond motifs is 1. The van der Waals surface area contributed by atoms with E-state index in [1.807, 2.05) is 69.3 Å². The number of hydrogen-bond donors (Lipinski definition) is 1. The Morgan fingerprint density at radius 1 is 1.09 bits per heavy atom. The molecule has 2 heterocycles. The highest BCUT2D eigenvalue weighted by Gasteiger charge is 2.35. The number of rotatable bonds is 9. The van der Waals surface area contributed by atoms with Crippen molar-refractivity contribution >= 4 is 11.9 Å². The first-order valence-corrected chi connectivity index (χ1v) is 11.0. The number of carbonyl (C=O) groups excluding carboxylic acids is 1. The lowest BCUT2D eigenvalue weighted by atomic mass is 9.95. The fourth-order valence-corrected chi connectivity index (χ4v) is 3.67. The van der Waals surface area contributed by atoms with Gasteiger partial charge < -0.3 is 19.5 Å². The topological polar surface area (TPSA) is 100 Å². The van der Waals surface area contributed by atoms with Crippen LogP contribution in [0.3, 0.4) is 0 Å². The molecule has 3 aromatic rings. The number of benzene rings is 2. The lowest BCUT2D eigenvalue weighted by Gasteiger charge is -2.28. The number of anilines is 1. The Morgan fingerprint density at radius 3 is 2.67 bits per heavy atom. The predicted molar refractivity (Wildman–Crippen MR) is 122 cm³/mol. The van der Waals surface area contributed by atoms with Gasteiger partial charge in [0.15, 0.2) is 11.5 Å². The van der Waals surface area contributed by atoms with Crippen LogP contribution in [-0.2, 0) is 16.1 Å². The van der Waals surface area contributed by atoms with E-state index < -0.39 is 12.0 Å². The van der Waals surface area contributed by atoms with Crippen molar-refractivity contribution in [2.24, 2.45) is 0 Å². The van der Waals surface area contributed by atoms with Crippen LogP contribution >= 0.6 is 0 Å². The van der Waals surface area contributed by atoms with Gasteiger partial charge >= 0.3 is 5.97 Å². The zero-order valence-electron chi connectivity index (χ0n) is 18.9. The van der Waals surface area contributed by atoms with E-state index in [1.54, 1.807) is 4.68 Å². The van der Waals surface area contributed by atoms with Crippen LogP contribution < -0.4 is 14.8 Å². The lowest BCUT2D eigenvalue weighted by Crippen LogP contribution is -2.29. The quantitative estimate of drug-likeness (QED) is 0.491. The first-order valence-electron chi connectivity index (χ1n) is 11.0. The molecule has 0 aliphatic carbocycles. The Hall–Kier alpha value is -3.88. The first-order chi connectivity index (χ1) is 16.1. The third-order valence-electron chi connectivity index (χ3n) is 5.19. The zero-order chi connectivity index (χ0) is 23.2. The normalized spacial score (nSPS) is 14.9. The summed E-state index contributed by atoms with van der Waals surface area (Å²) in [5, 5.41) is 15.0. The van der Waals surface area contributed by atoms with Crippen LogP contribution in [0.2, 0.25) is 0 Å². The van der Waals surface area contributed by atoms with Gasteiger partial charge in [0.25, 0.3) is 0 Å². The Labute approximate surface area is 192 Å². The minimum Gasteiger partial charge on any atom is -0.490 e. The number of tetrazole rings is 1. The van der Waals surface area contributed by atoms with E-state index in [9.17, 15) is 4.79 Å². The molecule has 0 saturated heterocycles. The van der Waals surface area contributed by atoms with Gasteiger partial charge in [0.1, 0.15) is 12.6 Å². The highest BCUT2D eigenvalue weighted by atomic mass is 16.5. The summed E-state index contributed by atoms with van der Waals surface area (Å²) in [5.41, 5.74) is 2.93. The van der Waals surface area contributed by atoms with Crippen molar-refractivity contribution in [1.82, 2.24) is 20.2 Å². The third-order valence-corrected chi connectivity index (χ3v) is 5.19. The summed E-state index contributed by atoms with van der Waals surface area (Å²) in [6, 6.07) is 15.0. The number of allylic oxidation sites excluding steroid dienone is 1. The van der Waals surface area contributed by atoms with Gasteiger partial charge in [-0.15, -0.1) is 0 Å². The summed E-state index contributed by atoms with van der Waals surface area (Å²) >= 11 is 0. The molecule has 172 valence electrons. The number of esters is 1. The smallest absolute Gasteiger partial charge is 0.338 e. The lowest BCUT2D eigenvalue weighted by molar-refractivity contribution is -0.139. The van der Waals surface area contributed by atoms with Gasteiger partial charge in [0, 0.05) is 5.70 Å². The molecular formula is C24H27N5O4. The second-order valence-electron chi connectivity index (χ2n) is 7.56. The molecule has 0 saturated carbocycles. The van der Waals surface area contributed by atoms with Crippen molar-refractivity contribution in [2.45, 2.75) is 39.8 Å². The van der Waals surface area contributed by atoms with Crippen molar-refractivity contribution in [3.05, 3.63) is 70.9 Å². The average molecular weight is 450 g/mol.